The Labute approximate surface area is 162 Å². The Bertz CT molecular complexity index is 1070. The van der Waals surface area contributed by atoms with E-state index in [1.807, 2.05) is 19.9 Å². The normalized spacial score (nSPS) is 10.7. The Morgan fingerprint density at radius 3 is 2.74 bits per heavy atom. The minimum atomic E-state index is -0.705. The summed E-state index contributed by atoms with van der Waals surface area (Å²) in [6, 6.07) is 3.38. The first kappa shape index (κ1) is 18.8. The zero-order valence-corrected chi connectivity index (χ0v) is 16.1. The summed E-state index contributed by atoms with van der Waals surface area (Å²) in [7, 11) is 0. The standard InChI is InChI=1S/C17H16N4O4S2/c1-7-5-8(2)20-16-11(7)12(18)13(27-16)17(24)25-6-10(22)21-15-9(14(19)23)3-4-26-15/h3-5H,6,18H2,1-2H3,(H2,19,23)(H,21,22). The molecule has 2 amide bonds. The van der Waals surface area contributed by atoms with Crippen LogP contribution in [0.4, 0.5) is 10.7 Å². The summed E-state index contributed by atoms with van der Waals surface area (Å²) in [4.78, 5) is 40.8. The number of hydrogen-bond acceptors (Lipinski definition) is 8. The number of thiophene rings is 2. The first-order valence-electron chi connectivity index (χ1n) is 7.78. The summed E-state index contributed by atoms with van der Waals surface area (Å²) >= 11 is 2.27. The molecule has 10 heteroatoms. The zero-order chi connectivity index (χ0) is 19.7. The van der Waals surface area contributed by atoms with E-state index in [-0.39, 0.29) is 10.4 Å². The van der Waals surface area contributed by atoms with Gasteiger partial charge in [-0.2, -0.15) is 0 Å². The third-order valence-electron chi connectivity index (χ3n) is 3.73. The number of nitrogens with zero attached hydrogens (tertiary/aromatic N) is 1. The summed E-state index contributed by atoms with van der Waals surface area (Å²) < 4.78 is 5.06. The lowest BCUT2D eigenvalue weighted by Gasteiger charge is -2.06. The van der Waals surface area contributed by atoms with Crippen LogP contribution >= 0.6 is 22.7 Å². The number of nitrogen functional groups attached to an aromatic ring is 1. The highest BCUT2D eigenvalue weighted by molar-refractivity contribution is 7.21. The summed E-state index contributed by atoms with van der Waals surface area (Å²) in [5.74, 6) is -1.94. The molecular weight excluding hydrogens is 388 g/mol. The van der Waals surface area contributed by atoms with Gasteiger partial charge >= 0.3 is 5.97 Å². The number of rotatable bonds is 5. The summed E-state index contributed by atoms with van der Waals surface area (Å²) in [5.41, 5.74) is 13.5. The average molecular weight is 404 g/mol. The molecule has 0 aliphatic heterocycles. The predicted octanol–water partition coefficient (Wildman–Crippen LogP) is 2.45. The number of esters is 1. The second kappa shape index (κ2) is 7.33. The lowest BCUT2D eigenvalue weighted by molar-refractivity contribution is -0.119. The molecule has 0 fully saturated rings. The highest BCUT2D eigenvalue weighted by Crippen LogP contribution is 2.35. The van der Waals surface area contributed by atoms with Gasteiger partial charge in [-0.15, -0.1) is 22.7 Å². The molecule has 3 rings (SSSR count). The predicted molar refractivity (Wildman–Crippen MR) is 105 cm³/mol. The van der Waals surface area contributed by atoms with Crippen LogP contribution in [0.1, 0.15) is 31.3 Å². The van der Waals surface area contributed by atoms with Crippen LogP contribution in [0.2, 0.25) is 0 Å². The van der Waals surface area contributed by atoms with Crippen molar-refractivity contribution in [2.45, 2.75) is 13.8 Å². The molecule has 0 unspecified atom stereocenters. The smallest absolute Gasteiger partial charge is 0.351 e. The molecule has 3 aromatic rings. The third kappa shape index (κ3) is 3.76. The first-order valence-corrected chi connectivity index (χ1v) is 9.48. The van der Waals surface area contributed by atoms with Gasteiger partial charge in [0.25, 0.3) is 11.8 Å². The number of ether oxygens (including phenoxy) is 1. The molecule has 0 atom stereocenters. The van der Waals surface area contributed by atoms with Crippen molar-refractivity contribution in [2.24, 2.45) is 5.73 Å². The number of hydrogen-bond donors (Lipinski definition) is 3. The Morgan fingerprint density at radius 1 is 1.30 bits per heavy atom. The number of amides is 2. The van der Waals surface area contributed by atoms with Gasteiger partial charge in [0.1, 0.15) is 14.7 Å². The minimum Gasteiger partial charge on any atom is -0.451 e. The molecule has 0 saturated heterocycles. The maximum absolute atomic E-state index is 12.3. The van der Waals surface area contributed by atoms with Gasteiger partial charge in [0.05, 0.1) is 11.3 Å². The summed E-state index contributed by atoms with van der Waals surface area (Å²) in [5, 5.41) is 5.14. The van der Waals surface area contributed by atoms with E-state index in [2.05, 4.69) is 10.3 Å². The van der Waals surface area contributed by atoms with Gasteiger partial charge in [-0.1, -0.05) is 0 Å². The van der Waals surface area contributed by atoms with E-state index >= 15 is 0 Å². The van der Waals surface area contributed by atoms with E-state index in [0.29, 0.717) is 20.9 Å². The molecule has 0 saturated carbocycles. The molecule has 5 N–H and O–H groups in total. The summed E-state index contributed by atoms with van der Waals surface area (Å²) in [6.07, 6.45) is 0. The fraction of sp³-hybridized carbons (Fsp3) is 0.176. The Hall–Kier alpha value is -2.98. The number of aromatic nitrogens is 1. The molecule has 0 aromatic carbocycles. The van der Waals surface area contributed by atoms with E-state index in [1.54, 1.807) is 5.38 Å². The van der Waals surface area contributed by atoms with Crippen LogP contribution in [0.25, 0.3) is 10.2 Å². The molecule has 27 heavy (non-hydrogen) atoms. The molecule has 0 aliphatic carbocycles. The van der Waals surface area contributed by atoms with Crippen molar-refractivity contribution in [3.8, 4) is 0 Å². The van der Waals surface area contributed by atoms with Gasteiger partial charge in [0.2, 0.25) is 0 Å². The lowest BCUT2D eigenvalue weighted by atomic mass is 10.1. The Balaban J connectivity index is 1.71. The molecule has 140 valence electrons. The number of nitrogens with two attached hydrogens (primary N) is 2. The fourth-order valence-corrected chi connectivity index (χ4v) is 4.50. The van der Waals surface area contributed by atoms with Gasteiger partial charge < -0.3 is 21.5 Å². The maximum Gasteiger partial charge on any atom is 0.351 e. The molecule has 0 aliphatic rings. The molecular formula is C17H16N4O4S2. The SMILES string of the molecule is Cc1cc(C)c2c(N)c(C(=O)OCC(=O)Nc3sccc3C(N)=O)sc2n1. The maximum atomic E-state index is 12.3. The highest BCUT2D eigenvalue weighted by atomic mass is 32.1. The highest BCUT2D eigenvalue weighted by Gasteiger charge is 2.21. The molecule has 3 heterocycles. The monoisotopic (exact) mass is 404 g/mol. The Kier molecular flexibility index (Phi) is 5.10. The van der Waals surface area contributed by atoms with Crippen LogP contribution in [0.3, 0.4) is 0 Å². The second-order valence-corrected chi connectivity index (χ2v) is 7.67. The van der Waals surface area contributed by atoms with Crippen molar-refractivity contribution < 1.29 is 19.1 Å². The molecule has 8 nitrogen and oxygen atoms in total. The number of primary amides is 1. The van der Waals surface area contributed by atoms with Crippen molar-refractivity contribution >= 4 is 61.4 Å². The van der Waals surface area contributed by atoms with Gasteiger partial charge in [-0.3, -0.25) is 9.59 Å². The van der Waals surface area contributed by atoms with Crippen LogP contribution in [0.5, 0.6) is 0 Å². The first-order chi connectivity index (χ1) is 12.8. The number of pyridine rings is 1. The largest absolute Gasteiger partial charge is 0.451 e. The van der Waals surface area contributed by atoms with Crippen LogP contribution in [0.15, 0.2) is 17.5 Å². The van der Waals surface area contributed by atoms with Crippen molar-refractivity contribution in [1.29, 1.82) is 0 Å². The van der Waals surface area contributed by atoms with Crippen LogP contribution in [-0.4, -0.2) is 29.4 Å². The van der Waals surface area contributed by atoms with Crippen molar-refractivity contribution in [2.75, 3.05) is 17.7 Å². The average Bonchev–Trinajstić information content (AvgIpc) is 3.17. The number of anilines is 2. The molecule has 0 bridgehead atoms. The molecule has 0 spiro atoms. The molecule has 3 aromatic heterocycles. The minimum absolute atomic E-state index is 0.199. The van der Waals surface area contributed by atoms with E-state index in [1.165, 1.54) is 6.07 Å². The summed E-state index contributed by atoms with van der Waals surface area (Å²) in [6.45, 7) is 3.23. The Morgan fingerprint density at radius 2 is 2.04 bits per heavy atom. The topological polar surface area (TPSA) is 137 Å². The molecule has 0 radical (unpaired) electrons. The number of fused-ring (bicyclic) bond motifs is 1. The van der Waals surface area contributed by atoms with Gasteiger partial charge in [-0.25, -0.2) is 9.78 Å². The van der Waals surface area contributed by atoms with E-state index < -0.39 is 24.4 Å². The number of carbonyl (C=O) groups excluding carboxylic acids is 3. The van der Waals surface area contributed by atoms with Crippen molar-refractivity contribution in [3.63, 3.8) is 0 Å². The number of nitrogens with one attached hydrogen (secondary N) is 1. The van der Waals surface area contributed by atoms with E-state index in [4.69, 9.17) is 16.2 Å². The van der Waals surface area contributed by atoms with Crippen LogP contribution < -0.4 is 16.8 Å². The van der Waals surface area contributed by atoms with Gasteiger partial charge in [0, 0.05) is 11.1 Å². The third-order valence-corrected chi connectivity index (χ3v) is 5.64. The van der Waals surface area contributed by atoms with Crippen LogP contribution in [-0.2, 0) is 9.53 Å². The fourth-order valence-electron chi connectivity index (χ4n) is 2.58. The van der Waals surface area contributed by atoms with Crippen molar-refractivity contribution in [1.82, 2.24) is 4.98 Å². The van der Waals surface area contributed by atoms with E-state index in [9.17, 15) is 14.4 Å². The lowest BCUT2D eigenvalue weighted by Crippen LogP contribution is -2.22. The van der Waals surface area contributed by atoms with Gasteiger partial charge in [-0.05, 0) is 36.9 Å². The quantitative estimate of drug-likeness (QED) is 0.559. The van der Waals surface area contributed by atoms with Gasteiger partial charge in [0.15, 0.2) is 6.61 Å². The zero-order valence-electron chi connectivity index (χ0n) is 14.5. The number of aryl methyl sites for hydroxylation is 2. The van der Waals surface area contributed by atoms with Crippen molar-refractivity contribution in [3.05, 3.63) is 39.2 Å². The second-order valence-electron chi connectivity index (χ2n) is 5.76. The number of carbonyl (C=O) groups is 3. The van der Waals surface area contributed by atoms with E-state index in [0.717, 1.165) is 33.9 Å². The van der Waals surface area contributed by atoms with Crippen LogP contribution in [0, 0.1) is 13.8 Å².